The molecular weight excluding hydrogens is 239 g/mol. The molecule has 0 aliphatic rings. The number of nitrogens with zero attached hydrogens (tertiary/aromatic N) is 1. The van der Waals surface area contributed by atoms with Crippen LogP contribution in [0.2, 0.25) is 0 Å². The summed E-state index contributed by atoms with van der Waals surface area (Å²) in [6.45, 7) is 0.526. The van der Waals surface area contributed by atoms with E-state index >= 15 is 0 Å². The van der Waals surface area contributed by atoms with Crippen LogP contribution in [0.1, 0.15) is 10.5 Å². The molecule has 0 aliphatic heterocycles. The van der Waals surface area contributed by atoms with Gasteiger partial charge in [0.15, 0.2) is 0 Å². The molecule has 0 unspecified atom stereocenters. The zero-order valence-electron chi connectivity index (χ0n) is 6.76. The van der Waals surface area contributed by atoms with Crippen molar-refractivity contribution in [3.63, 3.8) is 0 Å². The molecule has 0 saturated carbocycles. The Bertz CT molecular complexity index is 289. The molecule has 0 radical (unpaired) electrons. The fourth-order valence-electron chi connectivity index (χ4n) is 0.761. The maximum atomic E-state index is 12.4. The van der Waals surface area contributed by atoms with Crippen molar-refractivity contribution < 1.29 is 9.18 Å². The highest BCUT2D eigenvalue weighted by molar-refractivity contribution is 9.09. The third-order valence-electron chi connectivity index (χ3n) is 1.34. The summed E-state index contributed by atoms with van der Waals surface area (Å²) in [5, 5.41) is 3.28. The number of pyridine rings is 1. The first-order valence-electron chi connectivity index (χ1n) is 3.70. The topological polar surface area (TPSA) is 42.0 Å². The van der Waals surface area contributed by atoms with Crippen LogP contribution in [0, 0.1) is 5.82 Å². The Balaban J connectivity index is 2.61. The van der Waals surface area contributed by atoms with Crippen molar-refractivity contribution in [2.45, 2.75) is 0 Å². The molecule has 0 atom stereocenters. The Morgan fingerprint density at radius 3 is 2.92 bits per heavy atom. The fourth-order valence-corrected chi connectivity index (χ4v) is 0.960. The molecule has 13 heavy (non-hydrogen) atoms. The summed E-state index contributed by atoms with van der Waals surface area (Å²) in [5.41, 5.74) is 0.224. The van der Waals surface area contributed by atoms with E-state index in [9.17, 15) is 9.18 Å². The lowest BCUT2D eigenvalue weighted by atomic mass is 10.3. The van der Waals surface area contributed by atoms with Crippen LogP contribution in [0.15, 0.2) is 18.3 Å². The van der Waals surface area contributed by atoms with E-state index in [2.05, 4.69) is 26.2 Å². The molecule has 1 rings (SSSR count). The van der Waals surface area contributed by atoms with E-state index in [1.165, 1.54) is 12.1 Å². The van der Waals surface area contributed by atoms with Gasteiger partial charge in [-0.15, -0.1) is 0 Å². The Kier molecular flexibility index (Phi) is 3.82. The monoisotopic (exact) mass is 246 g/mol. The molecule has 0 bridgehead atoms. The quantitative estimate of drug-likeness (QED) is 0.819. The second kappa shape index (κ2) is 4.91. The predicted molar refractivity (Wildman–Crippen MR) is 50.3 cm³/mol. The van der Waals surface area contributed by atoms with Gasteiger partial charge >= 0.3 is 0 Å². The summed E-state index contributed by atoms with van der Waals surface area (Å²) in [4.78, 5) is 14.8. The van der Waals surface area contributed by atoms with Crippen molar-refractivity contribution in [1.82, 2.24) is 10.3 Å². The molecule has 1 aromatic rings. The second-order valence-corrected chi connectivity index (χ2v) is 3.10. The Labute approximate surface area is 83.5 Å². The number of halogens is 2. The van der Waals surface area contributed by atoms with E-state index in [0.29, 0.717) is 11.9 Å². The number of carbonyl (C=O) groups excluding carboxylic acids is 1. The number of amides is 1. The summed E-state index contributed by atoms with van der Waals surface area (Å²) in [5.74, 6) is -0.739. The SMILES string of the molecule is O=C(NCCBr)c1ccc(F)cn1. The maximum Gasteiger partial charge on any atom is 0.269 e. The van der Waals surface area contributed by atoms with Crippen molar-refractivity contribution in [3.05, 3.63) is 29.8 Å². The first-order valence-corrected chi connectivity index (χ1v) is 4.82. The zero-order valence-corrected chi connectivity index (χ0v) is 8.34. The number of nitrogens with one attached hydrogen (secondary N) is 1. The average molecular weight is 247 g/mol. The van der Waals surface area contributed by atoms with Crippen LogP contribution in [0.5, 0.6) is 0 Å². The van der Waals surface area contributed by atoms with Crippen molar-refractivity contribution in [2.24, 2.45) is 0 Å². The van der Waals surface area contributed by atoms with Gasteiger partial charge in [-0.1, -0.05) is 15.9 Å². The van der Waals surface area contributed by atoms with E-state index in [1.54, 1.807) is 0 Å². The van der Waals surface area contributed by atoms with Crippen LogP contribution >= 0.6 is 15.9 Å². The van der Waals surface area contributed by atoms with Crippen LogP contribution in [-0.4, -0.2) is 22.8 Å². The van der Waals surface area contributed by atoms with Gasteiger partial charge in [0.2, 0.25) is 0 Å². The van der Waals surface area contributed by atoms with E-state index in [0.717, 1.165) is 6.20 Å². The smallest absolute Gasteiger partial charge is 0.269 e. The van der Waals surface area contributed by atoms with Gasteiger partial charge in [-0.2, -0.15) is 0 Å². The number of rotatable bonds is 3. The van der Waals surface area contributed by atoms with Gasteiger partial charge in [0, 0.05) is 11.9 Å². The van der Waals surface area contributed by atoms with Crippen LogP contribution in [0.4, 0.5) is 4.39 Å². The van der Waals surface area contributed by atoms with Crippen molar-refractivity contribution >= 4 is 21.8 Å². The highest BCUT2D eigenvalue weighted by Crippen LogP contribution is 1.97. The van der Waals surface area contributed by atoms with E-state index < -0.39 is 5.82 Å². The lowest BCUT2D eigenvalue weighted by Gasteiger charge is -2.00. The fraction of sp³-hybridized carbons (Fsp3) is 0.250. The number of aromatic nitrogens is 1. The first kappa shape index (κ1) is 10.1. The Morgan fingerprint density at radius 2 is 2.38 bits per heavy atom. The van der Waals surface area contributed by atoms with Crippen molar-refractivity contribution in [2.75, 3.05) is 11.9 Å². The van der Waals surface area contributed by atoms with Gasteiger partial charge in [0.05, 0.1) is 6.20 Å². The minimum absolute atomic E-state index is 0.224. The van der Waals surface area contributed by atoms with Gasteiger partial charge in [0.1, 0.15) is 11.5 Å². The molecule has 1 aromatic heterocycles. The van der Waals surface area contributed by atoms with Crippen molar-refractivity contribution in [3.8, 4) is 0 Å². The minimum atomic E-state index is -0.447. The third kappa shape index (κ3) is 3.10. The second-order valence-electron chi connectivity index (χ2n) is 2.31. The van der Waals surface area contributed by atoms with Crippen molar-refractivity contribution in [1.29, 1.82) is 0 Å². The van der Waals surface area contributed by atoms with Gasteiger partial charge in [-0.05, 0) is 12.1 Å². The van der Waals surface area contributed by atoms with E-state index in [-0.39, 0.29) is 11.6 Å². The average Bonchev–Trinajstić information content (AvgIpc) is 2.15. The molecule has 0 fully saturated rings. The minimum Gasteiger partial charge on any atom is -0.350 e. The molecule has 1 heterocycles. The molecule has 0 aromatic carbocycles. The molecule has 3 nitrogen and oxygen atoms in total. The van der Waals surface area contributed by atoms with Crippen LogP contribution in [0.3, 0.4) is 0 Å². The molecular formula is C8H8BrFN2O. The summed E-state index contributed by atoms with van der Waals surface area (Å²) in [7, 11) is 0. The molecule has 1 N–H and O–H groups in total. The molecule has 0 aliphatic carbocycles. The zero-order chi connectivity index (χ0) is 9.68. The molecule has 1 amide bonds. The molecule has 0 spiro atoms. The molecule has 0 saturated heterocycles. The van der Waals surface area contributed by atoms with Gasteiger partial charge in [-0.25, -0.2) is 9.37 Å². The largest absolute Gasteiger partial charge is 0.350 e. The summed E-state index contributed by atoms with van der Waals surface area (Å²) < 4.78 is 12.4. The number of hydrogen-bond donors (Lipinski definition) is 1. The molecule has 70 valence electrons. The summed E-state index contributed by atoms with van der Waals surface area (Å²) >= 11 is 3.17. The van der Waals surface area contributed by atoms with E-state index in [4.69, 9.17) is 0 Å². The lowest BCUT2D eigenvalue weighted by Crippen LogP contribution is -2.25. The third-order valence-corrected chi connectivity index (χ3v) is 1.74. The van der Waals surface area contributed by atoms with Crippen LogP contribution in [0.25, 0.3) is 0 Å². The molecule has 5 heteroatoms. The highest BCUT2D eigenvalue weighted by atomic mass is 79.9. The maximum absolute atomic E-state index is 12.4. The van der Waals surface area contributed by atoms with Gasteiger partial charge < -0.3 is 5.32 Å². The van der Waals surface area contributed by atoms with Crippen LogP contribution in [-0.2, 0) is 0 Å². The number of hydrogen-bond acceptors (Lipinski definition) is 2. The first-order chi connectivity index (χ1) is 6.24. The standard InChI is InChI=1S/C8H8BrFN2O/c9-3-4-11-8(13)7-2-1-6(10)5-12-7/h1-2,5H,3-4H2,(H,11,13). The van der Waals surface area contributed by atoms with Gasteiger partial charge in [-0.3, -0.25) is 4.79 Å². The lowest BCUT2D eigenvalue weighted by molar-refractivity contribution is 0.0951. The number of alkyl halides is 1. The Hall–Kier alpha value is -0.970. The highest BCUT2D eigenvalue weighted by Gasteiger charge is 2.04. The predicted octanol–water partition coefficient (Wildman–Crippen LogP) is 1.35. The normalized spacial score (nSPS) is 9.69. The van der Waals surface area contributed by atoms with E-state index in [1.807, 2.05) is 0 Å². The number of carbonyl (C=O) groups is 1. The van der Waals surface area contributed by atoms with Crippen LogP contribution < -0.4 is 5.32 Å². The van der Waals surface area contributed by atoms with Gasteiger partial charge in [0.25, 0.3) is 5.91 Å². The Morgan fingerprint density at radius 1 is 1.62 bits per heavy atom. The summed E-state index contributed by atoms with van der Waals surface area (Å²) in [6, 6.07) is 2.55. The summed E-state index contributed by atoms with van der Waals surface area (Å²) in [6.07, 6.45) is 1.02.